The fourth-order valence-electron chi connectivity index (χ4n) is 3.52. The van der Waals surface area contributed by atoms with Crippen LogP contribution < -0.4 is 5.32 Å². The van der Waals surface area contributed by atoms with Gasteiger partial charge in [0.05, 0.1) is 11.2 Å². The summed E-state index contributed by atoms with van der Waals surface area (Å²) < 4.78 is 5.74. The van der Waals surface area contributed by atoms with Crippen molar-refractivity contribution < 1.29 is 14.0 Å². The molecule has 2 heterocycles. The van der Waals surface area contributed by atoms with Gasteiger partial charge in [-0.3, -0.25) is 9.59 Å². The van der Waals surface area contributed by atoms with E-state index in [0.717, 1.165) is 18.5 Å². The Balaban J connectivity index is 1.32. The summed E-state index contributed by atoms with van der Waals surface area (Å²) >= 11 is 12.1. The first kappa shape index (κ1) is 21.4. The summed E-state index contributed by atoms with van der Waals surface area (Å²) in [5.74, 6) is 1.03. The number of nitrogens with zero attached hydrogens (tertiary/aromatic N) is 2. The third-order valence-electron chi connectivity index (χ3n) is 5.07. The van der Waals surface area contributed by atoms with Crippen LogP contribution in [0.2, 0.25) is 10.0 Å². The van der Waals surface area contributed by atoms with Gasteiger partial charge >= 0.3 is 0 Å². The van der Waals surface area contributed by atoms with Gasteiger partial charge in [-0.05, 0) is 42.3 Å². The molecule has 1 aliphatic heterocycles. The minimum Gasteiger partial charge on any atom is -0.441 e. The molecule has 6 nitrogen and oxygen atoms in total. The molecule has 1 N–H and O–H groups in total. The van der Waals surface area contributed by atoms with E-state index >= 15 is 0 Å². The second kappa shape index (κ2) is 9.54. The summed E-state index contributed by atoms with van der Waals surface area (Å²) in [7, 11) is 0. The van der Waals surface area contributed by atoms with Crippen LogP contribution in [0.15, 0.2) is 53.1 Å². The Hall–Kier alpha value is -2.83. The Morgan fingerprint density at radius 3 is 2.84 bits per heavy atom. The van der Waals surface area contributed by atoms with E-state index in [9.17, 15) is 9.59 Å². The van der Waals surface area contributed by atoms with E-state index in [4.69, 9.17) is 27.6 Å². The van der Waals surface area contributed by atoms with E-state index in [1.165, 1.54) is 0 Å². The first-order valence-corrected chi connectivity index (χ1v) is 10.8. The molecule has 31 heavy (non-hydrogen) atoms. The average molecular weight is 458 g/mol. The molecule has 0 spiro atoms. The lowest BCUT2D eigenvalue weighted by atomic mass is 10.2. The number of aromatic nitrogens is 1. The molecule has 3 aromatic rings. The highest BCUT2D eigenvalue weighted by Crippen LogP contribution is 2.31. The lowest BCUT2D eigenvalue weighted by Gasteiger charge is -2.16. The second-order valence-electron chi connectivity index (χ2n) is 7.41. The van der Waals surface area contributed by atoms with Crippen molar-refractivity contribution in [2.24, 2.45) is 0 Å². The van der Waals surface area contributed by atoms with Crippen molar-refractivity contribution >= 4 is 40.7 Å². The Morgan fingerprint density at radius 1 is 1.19 bits per heavy atom. The fraction of sp³-hybridized carbons (Fsp3) is 0.261. The van der Waals surface area contributed by atoms with Crippen molar-refractivity contribution in [2.45, 2.75) is 32.2 Å². The summed E-state index contributed by atoms with van der Waals surface area (Å²) in [6.45, 7) is 1.35. The Bertz CT molecular complexity index is 1110. The normalized spacial score (nSPS) is 13.6. The molecule has 0 unspecified atom stereocenters. The van der Waals surface area contributed by atoms with Gasteiger partial charge in [0.25, 0.3) is 0 Å². The summed E-state index contributed by atoms with van der Waals surface area (Å²) in [6, 6.07) is 12.7. The fourth-order valence-corrected chi connectivity index (χ4v) is 4.02. The zero-order chi connectivity index (χ0) is 21.8. The highest BCUT2D eigenvalue weighted by molar-refractivity contribution is 6.36. The zero-order valence-electron chi connectivity index (χ0n) is 16.7. The van der Waals surface area contributed by atoms with Crippen LogP contribution in [-0.2, 0) is 22.6 Å². The number of carbonyl (C=O) groups is 2. The van der Waals surface area contributed by atoms with Gasteiger partial charge in [0.2, 0.25) is 11.8 Å². The molecule has 0 bridgehead atoms. The quantitative estimate of drug-likeness (QED) is 0.519. The number of halogens is 2. The van der Waals surface area contributed by atoms with Crippen molar-refractivity contribution in [1.29, 1.82) is 0 Å². The van der Waals surface area contributed by atoms with Crippen molar-refractivity contribution in [1.82, 2.24) is 9.88 Å². The highest BCUT2D eigenvalue weighted by atomic mass is 35.5. The van der Waals surface area contributed by atoms with Gasteiger partial charge in [-0.15, -0.1) is 0 Å². The first-order valence-electron chi connectivity index (χ1n) is 10.0. The molecule has 1 saturated heterocycles. The Labute approximate surface area is 190 Å². The Morgan fingerprint density at radius 2 is 2.06 bits per heavy atom. The largest absolute Gasteiger partial charge is 0.441 e. The molecule has 0 atom stereocenters. The second-order valence-corrected chi connectivity index (χ2v) is 8.25. The minimum atomic E-state index is -0.140. The van der Waals surface area contributed by atoms with E-state index < -0.39 is 0 Å². The van der Waals surface area contributed by atoms with Gasteiger partial charge in [-0.25, -0.2) is 4.98 Å². The van der Waals surface area contributed by atoms with Gasteiger partial charge in [-0.1, -0.05) is 35.3 Å². The molecule has 0 saturated carbocycles. The van der Waals surface area contributed by atoms with Crippen LogP contribution in [0.5, 0.6) is 0 Å². The van der Waals surface area contributed by atoms with E-state index in [1.807, 2.05) is 29.2 Å². The first-order chi connectivity index (χ1) is 15.0. The molecule has 0 radical (unpaired) electrons. The number of benzene rings is 2. The van der Waals surface area contributed by atoms with E-state index in [-0.39, 0.29) is 18.2 Å². The van der Waals surface area contributed by atoms with Crippen LogP contribution in [0.3, 0.4) is 0 Å². The number of carbonyl (C=O) groups excluding carboxylic acids is 2. The van der Waals surface area contributed by atoms with Crippen molar-refractivity contribution in [3.05, 3.63) is 70.2 Å². The zero-order valence-corrected chi connectivity index (χ0v) is 18.2. The van der Waals surface area contributed by atoms with Crippen LogP contribution in [-0.4, -0.2) is 28.2 Å². The number of hydrogen-bond acceptors (Lipinski definition) is 4. The molecule has 160 valence electrons. The van der Waals surface area contributed by atoms with Crippen LogP contribution in [0.25, 0.3) is 11.3 Å². The van der Waals surface area contributed by atoms with Gasteiger partial charge in [0.1, 0.15) is 0 Å². The lowest BCUT2D eigenvalue weighted by Crippen LogP contribution is -2.23. The molecular weight excluding hydrogens is 437 g/mol. The van der Waals surface area contributed by atoms with Crippen molar-refractivity contribution in [2.75, 3.05) is 11.9 Å². The van der Waals surface area contributed by atoms with Crippen LogP contribution >= 0.6 is 23.2 Å². The number of nitrogens with one attached hydrogen (secondary N) is 1. The molecule has 1 fully saturated rings. The molecule has 0 aliphatic carbocycles. The van der Waals surface area contributed by atoms with E-state index in [1.54, 1.807) is 24.4 Å². The summed E-state index contributed by atoms with van der Waals surface area (Å²) in [6.07, 6.45) is 3.69. The van der Waals surface area contributed by atoms with Gasteiger partial charge in [-0.2, -0.15) is 0 Å². The molecule has 4 rings (SSSR count). The molecule has 2 amide bonds. The predicted molar refractivity (Wildman–Crippen MR) is 120 cm³/mol. The average Bonchev–Trinajstić information content (AvgIpc) is 3.36. The van der Waals surface area contributed by atoms with Crippen molar-refractivity contribution in [3.63, 3.8) is 0 Å². The maximum Gasteiger partial charge on any atom is 0.224 e. The number of rotatable bonds is 7. The molecule has 1 aromatic heterocycles. The maximum atomic E-state index is 12.4. The number of oxazole rings is 1. The summed E-state index contributed by atoms with van der Waals surface area (Å²) in [5.41, 5.74) is 2.39. The third-order valence-corrected chi connectivity index (χ3v) is 5.62. The number of amides is 2. The predicted octanol–water partition coefficient (Wildman–Crippen LogP) is 5.34. The van der Waals surface area contributed by atoms with Crippen molar-refractivity contribution in [3.8, 4) is 11.3 Å². The van der Waals surface area contributed by atoms with Gasteiger partial charge in [0.15, 0.2) is 11.7 Å². The molecular formula is C23H21Cl2N3O3. The maximum absolute atomic E-state index is 12.4. The topological polar surface area (TPSA) is 75.4 Å². The van der Waals surface area contributed by atoms with E-state index in [0.29, 0.717) is 52.3 Å². The molecule has 8 heteroatoms. The molecule has 1 aliphatic rings. The number of likely N-dealkylation sites (tertiary alicyclic amines) is 1. The smallest absolute Gasteiger partial charge is 0.224 e. The minimum absolute atomic E-state index is 0.140. The standard InChI is InChI=1S/C23H21Cl2N3O3/c24-16-6-7-18(19(25)12-16)20-13-26-22(31-20)9-8-21(29)27-17-4-1-3-15(11-17)14-28-10-2-5-23(28)30/h1,3-4,6-7,11-13H,2,5,8-10,14H2,(H,27,29). The number of aryl methyl sites for hydroxylation is 1. The van der Waals surface area contributed by atoms with E-state index in [2.05, 4.69) is 10.3 Å². The molecule has 2 aromatic carbocycles. The SMILES string of the molecule is O=C(CCc1ncc(-c2ccc(Cl)cc2Cl)o1)Nc1cccc(CN2CCCC2=O)c1. The summed E-state index contributed by atoms with van der Waals surface area (Å²) in [5, 5.41) is 3.91. The number of anilines is 1. The van der Waals surface area contributed by atoms with Crippen LogP contribution in [0, 0.1) is 0 Å². The van der Waals surface area contributed by atoms with Gasteiger partial charge in [0, 0.05) is 48.6 Å². The third kappa shape index (κ3) is 5.46. The van der Waals surface area contributed by atoms with Gasteiger partial charge < -0.3 is 14.6 Å². The lowest BCUT2D eigenvalue weighted by molar-refractivity contribution is -0.128. The monoisotopic (exact) mass is 457 g/mol. The number of hydrogen-bond donors (Lipinski definition) is 1. The summed E-state index contributed by atoms with van der Waals surface area (Å²) in [4.78, 5) is 30.3. The van der Waals surface area contributed by atoms with Crippen LogP contribution in [0.4, 0.5) is 5.69 Å². The Kier molecular flexibility index (Phi) is 6.59. The van der Waals surface area contributed by atoms with Crippen LogP contribution in [0.1, 0.15) is 30.7 Å². The highest BCUT2D eigenvalue weighted by Gasteiger charge is 2.20.